The van der Waals surface area contributed by atoms with Gasteiger partial charge >= 0.3 is 0 Å². The Hall–Kier alpha value is -1.73. The molecular weight excluding hydrogens is 360 g/mol. The summed E-state index contributed by atoms with van der Waals surface area (Å²) in [5.74, 6) is 1.99. The van der Waals surface area contributed by atoms with E-state index in [2.05, 4.69) is 33.9 Å². The SMILES string of the molecule is COc1ccc(Cl)cc1NC(=O)CSc1nnc(C(C)C)n1C1CC1. The molecule has 1 aliphatic rings. The van der Waals surface area contributed by atoms with Crippen LogP contribution in [0, 0.1) is 0 Å². The van der Waals surface area contributed by atoms with E-state index < -0.39 is 0 Å². The smallest absolute Gasteiger partial charge is 0.234 e. The lowest BCUT2D eigenvalue weighted by atomic mass is 10.2. The minimum Gasteiger partial charge on any atom is -0.495 e. The van der Waals surface area contributed by atoms with Crippen molar-refractivity contribution in [2.45, 2.75) is 43.8 Å². The molecule has 0 unspecified atom stereocenters. The molecular formula is C17H21ClN4O2S. The van der Waals surface area contributed by atoms with Crippen LogP contribution in [0.2, 0.25) is 5.02 Å². The molecule has 0 radical (unpaired) electrons. The number of carbonyl (C=O) groups excluding carboxylic acids is 1. The first-order valence-electron chi connectivity index (χ1n) is 8.20. The molecule has 0 atom stereocenters. The number of nitrogens with zero attached hydrogens (tertiary/aromatic N) is 3. The van der Waals surface area contributed by atoms with Crippen LogP contribution in [0.3, 0.4) is 0 Å². The van der Waals surface area contributed by atoms with Gasteiger partial charge in [0.1, 0.15) is 11.6 Å². The van der Waals surface area contributed by atoms with Crippen LogP contribution in [0.4, 0.5) is 5.69 Å². The molecule has 1 fully saturated rings. The van der Waals surface area contributed by atoms with E-state index in [1.54, 1.807) is 25.3 Å². The number of rotatable bonds is 7. The fourth-order valence-corrected chi connectivity index (χ4v) is 3.54. The quantitative estimate of drug-likeness (QED) is 0.731. The number of carbonyl (C=O) groups is 1. The summed E-state index contributed by atoms with van der Waals surface area (Å²) >= 11 is 7.39. The van der Waals surface area contributed by atoms with E-state index in [4.69, 9.17) is 16.3 Å². The second kappa shape index (κ2) is 7.66. The van der Waals surface area contributed by atoms with Crippen LogP contribution in [0.15, 0.2) is 23.4 Å². The maximum Gasteiger partial charge on any atom is 0.234 e. The topological polar surface area (TPSA) is 69.0 Å². The van der Waals surface area contributed by atoms with Gasteiger partial charge in [0.25, 0.3) is 0 Å². The number of methoxy groups -OCH3 is 1. The molecule has 2 aromatic rings. The molecule has 1 aliphatic carbocycles. The van der Waals surface area contributed by atoms with Gasteiger partial charge in [-0.3, -0.25) is 4.79 Å². The Morgan fingerprint density at radius 2 is 2.20 bits per heavy atom. The third-order valence-corrected chi connectivity index (χ3v) is 5.07. The summed E-state index contributed by atoms with van der Waals surface area (Å²) in [7, 11) is 1.55. The standard InChI is InChI=1S/C17H21ClN4O2S/c1-10(2)16-20-21-17(22(16)12-5-6-12)25-9-15(23)19-13-8-11(18)4-7-14(13)24-3/h4,7-8,10,12H,5-6,9H2,1-3H3,(H,19,23). The minimum absolute atomic E-state index is 0.137. The van der Waals surface area contributed by atoms with Crippen molar-refractivity contribution < 1.29 is 9.53 Å². The first-order chi connectivity index (χ1) is 12.0. The number of hydrogen-bond acceptors (Lipinski definition) is 5. The second-order valence-corrected chi connectivity index (χ2v) is 7.66. The van der Waals surface area contributed by atoms with Crippen molar-refractivity contribution in [3.05, 3.63) is 29.0 Å². The van der Waals surface area contributed by atoms with Gasteiger partial charge in [-0.15, -0.1) is 10.2 Å². The third-order valence-electron chi connectivity index (χ3n) is 3.89. The van der Waals surface area contributed by atoms with E-state index in [1.165, 1.54) is 11.8 Å². The lowest BCUT2D eigenvalue weighted by Gasteiger charge is -2.12. The summed E-state index contributed by atoms with van der Waals surface area (Å²) in [4.78, 5) is 12.3. The Morgan fingerprint density at radius 1 is 1.44 bits per heavy atom. The average Bonchev–Trinajstić information content (AvgIpc) is 3.32. The number of nitrogens with one attached hydrogen (secondary N) is 1. The molecule has 3 rings (SSSR count). The number of aromatic nitrogens is 3. The lowest BCUT2D eigenvalue weighted by molar-refractivity contribution is -0.113. The first kappa shape index (κ1) is 18.1. The van der Waals surface area contributed by atoms with E-state index in [1.807, 2.05) is 0 Å². The Labute approximate surface area is 156 Å². The Balaban J connectivity index is 1.66. The first-order valence-corrected chi connectivity index (χ1v) is 9.57. The fourth-order valence-electron chi connectivity index (χ4n) is 2.55. The van der Waals surface area contributed by atoms with Crippen molar-refractivity contribution in [2.24, 2.45) is 0 Å². The number of anilines is 1. The zero-order valence-electron chi connectivity index (χ0n) is 14.5. The van der Waals surface area contributed by atoms with Gasteiger partial charge in [-0.2, -0.15) is 0 Å². The zero-order valence-corrected chi connectivity index (χ0v) is 16.0. The van der Waals surface area contributed by atoms with E-state index >= 15 is 0 Å². The minimum atomic E-state index is -0.137. The number of halogens is 1. The van der Waals surface area contributed by atoms with Crippen molar-refractivity contribution in [3.8, 4) is 5.75 Å². The van der Waals surface area contributed by atoms with Gasteiger partial charge in [0.2, 0.25) is 5.91 Å². The van der Waals surface area contributed by atoms with Gasteiger partial charge in [-0.05, 0) is 31.0 Å². The van der Waals surface area contributed by atoms with Crippen molar-refractivity contribution >= 4 is 35.0 Å². The molecule has 134 valence electrons. The summed E-state index contributed by atoms with van der Waals surface area (Å²) in [5, 5.41) is 12.8. The summed E-state index contributed by atoms with van der Waals surface area (Å²) in [5.41, 5.74) is 0.562. The molecule has 8 heteroatoms. The summed E-state index contributed by atoms with van der Waals surface area (Å²) in [6, 6.07) is 5.60. The number of benzene rings is 1. The van der Waals surface area contributed by atoms with Crippen molar-refractivity contribution in [3.63, 3.8) is 0 Å². The largest absolute Gasteiger partial charge is 0.495 e. The average molecular weight is 381 g/mol. The van der Waals surface area contributed by atoms with Gasteiger partial charge in [-0.1, -0.05) is 37.2 Å². The molecule has 1 heterocycles. The molecule has 6 nitrogen and oxygen atoms in total. The van der Waals surface area contributed by atoms with Gasteiger partial charge in [0, 0.05) is 17.0 Å². The monoisotopic (exact) mass is 380 g/mol. The van der Waals surface area contributed by atoms with E-state index in [0.717, 1.165) is 23.8 Å². The molecule has 0 bridgehead atoms. The third kappa shape index (κ3) is 4.27. The van der Waals surface area contributed by atoms with Gasteiger partial charge in [-0.25, -0.2) is 0 Å². The van der Waals surface area contributed by atoms with Crippen molar-refractivity contribution in [2.75, 3.05) is 18.2 Å². The van der Waals surface area contributed by atoms with E-state index in [-0.39, 0.29) is 11.7 Å². The van der Waals surface area contributed by atoms with Gasteiger partial charge in [0.05, 0.1) is 18.6 Å². The molecule has 0 saturated heterocycles. The summed E-state index contributed by atoms with van der Waals surface area (Å²) in [6.45, 7) is 4.21. The van der Waals surface area contributed by atoms with Crippen LogP contribution in [0.1, 0.15) is 44.5 Å². The van der Waals surface area contributed by atoms with E-state index in [0.29, 0.717) is 28.4 Å². The maximum absolute atomic E-state index is 12.3. The molecule has 1 aromatic heterocycles. The highest BCUT2D eigenvalue weighted by Crippen LogP contribution is 2.40. The predicted octanol–water partition coefficient (Wildman–Crippen LogP) is 4.13. The van der Waals surface area contributed by atoms with Crippen molar-refractivity contribution in [1.82, 2.24) is 14.8 Å². The maximum atomic E-state index is 12.3. The normalized spacial score (nSPS) is 14.0. The molecule has 25 heavy (non-hydrogen) atoms. The Bertz CT molecular complexity index is 774. The molecule has 1 amide bonds. The van der Waals surface area contributed by atoms with Crippen LogP contribution >= 0.6 is 23.4 Å². The van der Waals surface area contributed by atoms with Crippen LogP contribution in [0.25, 0.3) is 0 Å². The summed E-state index contributed by atoms with van der Waals surface area (Å²) < 4.78 is 7.43. The number of thioether (sulfide) groups is 1. The number of amides is 1. The molecule has 1 aromatic carbocycles. The fraction of sp³-hybridized carbons (Fsp3) is 0.471. The lowest BCUT2D eigenvalue weighted by Crippen LogP contribution is -2.15. The highest BCUT2D eigenvalue weighted by Gasteiger charge is 2.30. The molecule has 0 spiro atoms. The predicted molar refractivity (Wildman–Crippen MR) is 99.7 cm³/mol. The number of ether oxygens (including phenoxy) is 1. The molecule has 1 saturated carbocycles. The highest BCUT2D eigenvalue weighted by molar-refractivity contribution is 7.99. The van der Waals surface area contributed by atoms with E-state index in [9.17, 15) is 4.79 Å². The van der Waals surface area contributed by atoms with Crippen LogP contribution in [0.5, 0.6) is 5.75 Å². The Kier molecular flexibility index (Phi) is 5.54. The number of hydrogen-bond donors (Lipinski definition) is 1. The molecule has 1 N–H and O–H groups in total. The van der Waals surface area contributed by atoms with Crippen LogP contribution < -0.4 is 10.1 Å². The highest BCUT2D eigenvalue weighted by atomic mass is 35.5. The zero-order chi connectivity index (χ0) is 18.0. The van der Waals surface area contributed by atoms with Gasteiger partial charge in [0.15, 0.2) is 5.16 Å². The van der Waals surface area contributed by atoms with Crippen LogP contribution in [-0.4, -0.2) is 33.5 Å². The van der Waals surface area contributed by atoms with Gasteiger partial charge < -0.3 is 14.6 Å². The van der Waals surface area contributed by atoms with Crippen molar-refractivity contribution in [1.29, 1.82) is 0 Å². The Morgan fingerprint density at radius 3 is 2.84 bits per heavy atom. The second-order valence-electron chi connectivity index (χ2n) is 6.28. The summed E-state index contributed by atoms with van der Waals surface area (Å²) in [6.07, 6.45) is 2.30. The molecule has 0 aliphatic heterocycles. The van der Waals surface area contributed by atoms with Crippen LogP contribution in [-0.2, 0) is 4.79 Å².